The average molecular weight is 278 g/mol. The lowest BCUT2D eigenvalue weighted by Gasteiger charge is -2.23. The Labute approximate surface area is 120 Å². The van der Waals surface area contributed by atoms with E-state index in [9.17, 15) is 0 Å². The molecular weight excluding hydrogens is 258 g/mol. The van der Waals surface area contributed by atoms with Gasteiger partial charge in [0.15, 0.2) is 0 Å². The summed E-state index contributed by atoms with van der Waals surface area (Å²) in [5.41, 5.74) is 0.510. The first-order chi connectivity index (χ1) is 9.13. The molecule has 3 nitrogen and oxygen atoms in total. The Bertz CT molecular complexity index is 479. The largest absolute Gasteiger partial charge is 0.355 e. The molecule has 0 aromatic carbocycles. The highest BCUT2D eigenvalue weighted by atomic mass is 35.5. The molecule has 0 N–H and O–H groups in total. The maximum atomic E-state index is 9.03. The molecule has 1 atom stereocenters. The zero-order valence-corrected chi connectivity index (χ0v) is 12.3. The summed E-state index contributed by atoms with van der Waals surface area (Å²) in [5.74, 6) is 2.28. The third-order valence-corrected chi connectivity index (χ3v) is 4.38. The van der Waals surface area contributed by atoms with Crippen LogP contribution in [0.2, 0.25) is 5.02 Å². The highest BCUT2D eigenvalue weighted by molar-refractivity contribution is 6.34. The fraction of sp³-hybridized carbons (Fsp3) is 0.600. The van der Waals surface area contributed by atoms with E-state index in [1.54, 1.807) is 12.3 Å². The van der Waals surface area contributed by atoms with Crippen molar-refractivity contribution in [3.8, 4) is 6.07 Å². The predicted octanol–water partition coefficient (Wildman–Crippen LogP) is 3.87. The third kappa shape index (κ3) is 3.19. The first-order valence-corrected chi connectivity index (χ1v) is 7.30. The molecule has 0 saturated carbocycles. The maximum Gasteiger partial charge on any atom is 0.148 e. The normalized spacial score (nSPS) is 20.2. The molecule has 1 aromatic heterocycles. The summed E-state index contributed by atoms with van der Waals surface area (Å²) in [6.07, 6.45) is 5.28. The van der Waals surface area contributed by atoms with E-state index in [1.807, 2.05) is 0 Å². The van der Waals surface area contributed by atoms with Gasteiger partial charge >= 0.3 is 0 Å². The molecule has 102 valence electrons. The number of nitriles is 1. The molecule has 2 rings (SSSR count). The second-order valence-electron chi connectivity index (χ2n) is 5.53. The van der Waals surface area contributed by atoms with Gasteiger partial charge in [-0.3, -0.25) is 0 Å². The number of hydrogen-bond donors (Lipinski definition) is 0. The molecule has 1 aliphatic heterocycles. The molecule has 1 aromatic rings. The highest BCUT2D eigenvalue weighted by Gasteiger charge is 2.22. The summed E-state index contributed by atoms with van der Waals surface area (Å²) < 4.78 is 0. The van der Waals surface area contributed by atoms with Crippen molar-refractivity contribution in [1.29, 1.82) is 5.26 Å². The molecule has 4 heteroatoms. The molecule has 0 radical (unpaired) electrons. The van der Waals surface area contributed by atoms with Gasteiger partial charge in [-0.15, -0.1) is 0 Å². The molecule has 2 heterocycles. The minimum Gasteiger partial charge on any atom is -0.355 e. The van der Waals surface area contributed by atoms with Crippen LogP contribution in [0, 0.1) is 23.2 Å². The van der Waals surface area contributed by atoms with Crippen LogP contribution >= 0.6 is 11.6 Å². The van der Waals surface area contributed by atoms with Crippen LogP contribution in [0.25, 0.3) is 0 Å². The van der Waals surface area contributed by atoms with Crippen LogP contribution in [0.5, 0.6) is 0 Å². The Balaban J connectivity index is 2.17. The zero-order valence-electron chi connectivity index (χ0n) is 11.6. The summed E-state index contributed by atoms with van der Waals surface area (Å²) in [6, 6.07) is 3.79. The van der Waals surface area contributed by atoms with E-state index in [1.165, 1.54) is 12.8 Å². The lowest BCUT2D eigenvalue weighted by molar-refractivity contribution is 0.351. The van der Waals surface area contributed by atoms with Gasteiger partial charge < -0.3 is 4.90 Å². The van der Waals surface area contributed by atoms with Gasteiger partial charge in [-0.2, -0.15) is 5.26 Å². The number of pyridine rings is 1. The monoisotopic (exact) mass is 277 g/mol. The van der Waals surface area contributed by atoms with Crippen molar-refractivity contribution in [1.82, 2.24) is 4.98 Å². The number of aromatic nitrogens is 1. The Morgan fingerprint density at radius 1 is 1.42 bits per heavy atom. The van der Waals surface area contributed by atoms with Gasteiger partial charge in [-0.1, -0.05) is 25.4 Å². The molecule has 19 heavy (non-hydrogen) atoms. The van der Waals surface area contributed by atoms with Crippen molar-refractivity contribution in [2.75, 3.05) is 18.0 Å². The molecule has 1 unspecified atom stereocenters. The standard InChI is InChI=1S/C15H20ClN3/c1-11(2)12-4-3-8-19(9-6-12)15-14(16)13(10-17)5-7-18-15/h5,7,11-12H,3-4,6,8-9H2,1-2H3. The molecule has 0 bridgehead atoms. The van der Waals surface area contributed by atoms with Crippen molar-refractivity contribution in [3.05, 3.63) is 22.8 Å². The number of rotatable bonds is 2. The quantitative estimate of drug-likeness (QED) is 0.824. The van der Waals surface area contributed by atoms with E-state index in [0.717, 1.165) is 37.2 Å². The summed E-state index contributed by atoms with van der Waals surface area (Å²) in [7, 11) is 0. The Kier molecular flexibility index (Phi) is 4.66. The first kappa shape index (κ1) is 14.1. The summed E-state index contributed by atoms with van der Waals surface area (Å²) in [5, 5.41) is 9.52. The summed E-state index contributed by atoms with van der Waals surface area (Å²) in [6.45, 7) is 6.54. The van der Waals surface area contributed by atoms with Gasteiger partial charge in [0.2, 0.25) is 0 Å². The van der Waals surface area contributed by atoms with Crippen molar-refractivity contribution >= 4 is 17.4 Å². The van der Waals surface area contributed by atoms with Crippen molar-refractivity contribution in [2.45, 2.75) is 33.1 Å². The average Bonchev–Trinajstić information content (AvgIpc) is 2.65. The smallest absolute Gasteiger partial charge is 0.148 e. The SMILES string of the molecule is CC(C)C1CCCN(c2nccc(C#N)c2Cl)CC1. The zero-order chi connectivity index (χ0) is 13.8. The van der Waals surface area contributed by atoms with E-state index < -0.39 is 0 Å². The fourth-order valence-corrected chi connectivity index (χ4v) is 3.01. The van der Waals surface area contributed by atoms with Crippen LogP contribution in [0.3, 0.4) is 0 Å². The van der Waals surface area contributed by atoms with Crippen LogP contribution in [0.15, 0.2) is 12.3 Å². The van der Waals surface area contributed by atoms with E-state index in [0.29, 0.717) is 10.6 Å². The lowest BCUT2D eigenvalue weighted by atomic mass is 9.89. The van der Waals surface area contributed by atoms with Gasteiger partial charge in [-0.05, 0) is 37.2 Å². The van der Waals surface area contributed by atoms with Crippen LogP contribution in [-0.2, 0) is 0 Å². The van der Waals surface area contributed by atoms with Crippen molar-refractivity contribution < 1.29 is 0 Å². The first-order valence-electron chi connectivity index (χ1n) is 6.93. The lowest BCUT2D eigenvalue weighted by Crippen LogP contribution is -2.26. The van der Waals surface area contributed by atoms with Crippen LogP contribution in [0.1, 0.15) is 38.7 Å². The van der Waals surface area contributed by atoms with E-state index in [2.05, 4.69) is 29.8 Å². The molecule has 1 aliphatic rings. The van der Waals surface area contributed by atoms with E-state index in [4.69, 9.17) is 16.9 Å². The summed E-state index contributed by atoms with van der Waals surface area (Å²) in [4.78, 5) is 6.59. The van der Waals surface area contributed by atoms with Crippen molar-refractivity contribution in [2.24, 2.45) is 11.8 Å². The van der Waals surface area contributed by atoms with Crippen molar-refractivity contribution in [3.63, 3.8) is 0 Å². The fourth-order valence-electron chi connectivity index (χ4n) is 2.74. The second kappa shape index (κ2) is 6.25. The van der Waals surface area contributed by atoms with E-state index in [-0.39, 0.29) is 0 Å². The summed E-state index contributed by atoms with van der Waals surface area (Å²) >= 11 is 6.27. The third-order valence-electron chi connectivity index (χ3n) is 4.01. The minimum atomic E-state index is 0.494. The Morgan fingerprint density at radius 2 is 2.21 bits per heavy atom. The van der Waals surface area contributed by atoms with Gasteiger partial charge in [0.25, 0.3) is 0 Å². The maximum absolute atomic E-state index is 9.03. The van der Waals surface area contributed by atoms with Gasteiger partial charge in [-0.25, -0.2) is 4.98 Å². The Hall–Kier alpha value is -1.27. The second-order valence-corrected chi connectivity index (χ2v) is 5.91. The molecule has 0 spiro atoms. The van der Waals surface area contributed by atoms with Crippen LogP contribution < -0.4 is 4.90 Å². The number of anilines is 1. The number of nitrogens with zero attached hydrogens (tertiary/aromatic N) is 3. The molecule has 0 amide bonds. The topological polar surface area (TPSA) is 39.9 Å². The molecule has 1 saturated heterocycles. The Morgan fingerprint density at radius 3 is 2.89 bits per heavy atom. The molecular formula is C15H20ClN3. The van der Waals surface area contributed by atoms with Gasteiger partial charge in [0.05, 0.1) is 5.56 Å². The van der Waals surface area contributed by atoms with Crippen LogP contribution in [-0.4, -0.2) is 18.1 Å². The molecule has 0 aliphatic carbocycles. The van der Waals surface area contributed by atoms with Gasteiger partial charge in [0, 0.05) is 19.3 Å². The van der Waals surface area contributed by atoms with E-state index >= 15 is 0 Å². The molecule has 1 fully saturated rings. The number of hydrogen-bond acceptors (Lipinski definition) is 3. The van der Waals surface area contributed by atoms with Crippen LogP contribution in [0.4, 0.5) is 5.82 Å². The highest BCUT2D eigenvalue weighted by Crippen LogP contribution is 2.31. The number of halogens is 1. The van der Waals surface area contributed by atoms with Gasteiger partial charge in [0.1, 0.15) is 16.9 Å². The minimum absolute atomic E-state index is 0.494. The predicted molar refractivity (Wildman–Crippen MR) is 78.4 cm³/mol.